The van der Waals surface area contributed by atoms with Gasteiger partial charge in [0.2, 0.25) is 0 Å². The maximum atomic E-state index is 16.4. The third kappa shape index (κ3) is 3.12. The van der Waals surface area contributed by atoms with Crippen molar-refractivity contribution in [1.82, 2.24) is 14.4 Å². The largest absolute Gasteiger partial charge is 0.737 e. The molecule has 0 amide bonds. The van der Waals surface area contributed by atoms with Crippen molar-refractivity contribution in [3.05, 3.63) is 93.5 Å². The van der Waals surface area contributed by atoms with E-state index >= 15 is 8.63 Å². The summed E-state index contributed by atoms with van der Waals surface area (Å²) in [5.74, 6) is 0.795. The highest BCUT2D eigenvalue weighted by atomic mass is 19.2. The molecule has 0 saturated heterocycles. The normalized spacial score (nSPS) is 16.8. The van der Waals surface area contributed by atoms with Gasteiger partial charge in [0.1, 0.15) is 11.5 Å². The van der Waals surface area contributed by atoms with Crippen LogP contribution in [0.15, 0.2) is 65.4 Å². The van der Waals surface area contributed by atoms with E-state index in [0.717, 1.165) is 68.7 Å². The SMILES string of the molecule is CCC1=C(C)C2=C(c3ccc(-c4nc5ccccc5[nH]4)cc3)c3c(C)c(CC)c(C)n3[B-](F)(F)[N+]2=C1C. The van der Waals surface area contributed by atoms with Gasteiger partial charge in [0.15, 0.2) is 5.70 Å². The van der Waals surface area contributed by atoms with Crippen LogP contribution in [0, 0.1) is 13.8 Å². The molecular formula is C30H31BF2N4. The van der Waals surface area contributed by atoms with Crippen LogP contribution < -0.4 is 0 Å². The molecule has 6 rings (SSSR count). The zero-order valence-electron chi connectivity index (χ0n) is 22.2. The maximum absolute atomic E-state index is 16.4. The fraction of sp³-hybridized carbons (Fsp3) is 0.267. The Kier molecular flexibility index (Phi) is 5.20. The van der Waals surface area contributed by atoms with Crippen molar-refractivity contribution < 1.29 is 13.1 Å². The van der Waals surface area contributed by atoms with Crippen molar-refractivity contribution in [2.24, 2.45) is 0 Å². The van der Waals surface area contributed by atoms with Crippen LogP contribution in [0.3, 0.4) is 0 Å². The van der Waals surface area contributed by atoms with Crippen molar-refractivity contribution in [2.75, 3.05) is 0 Å². The predicted molar refractivity (Wildman–Crippen MR) is 148 cm³/mol. The van der Waals surface area contributed by atoms with Gasteiger partial charge in [-0.2, -0.15) is 0 Å². The molecule has 2 aromatic heterocycles. The average Bonchev–Trinajstić information content (AvgIpc) is 3.50. The van der Waals surface area contributed by atoms with Crippen LogP contribution in [0.1, 0.15) is 62.2 Å². The van der Waals surface area contributed by atoms with E-state index in [-0.39, 0.29) is 0 Å². The van der Waals surface area contributed by atoms with E-state index in [4.69, 9.17) is 4.98 Å². The number of aromatic nitrogens is 3. The summed E-state index contributed by atoms with van der Waals surface area (Å²) in [6.07, 6.45) is 1.43. The van der Waals surface area contributed by atoms with E-state index in [1.54, 1.807) is 0 Å². The molecule has 2 aliphatic heterocycles. The smallest absolute Gasteiger partial charge is 0.393 e. The summed E-state index contributed by atoms with van der Waals surface area (Å²) in [4.78, 5) is 8.11. The maximum Gasteiger partial charge on any atom is 0.737 e. The number of hydrogen-bond donors (Lipinski definition) is 1. The van der Waals surface area contributed by atoms with Crippen molar-refractivity contribution in [3.8, 4) is 11.4 Å². The second-order valence-corrected chi connectivity index (χ2v) is 10.2. The first-order chi connectivity index (χ1) is 17.7. The van der Waals surface area contributed by atoms with Crippen LogP contribution in [-0.4, -0.2) is 31.6 Å². The van der Waals surface area contributed by atoms with Crippen LogP contribution in [0.4, 0.5) is 8.63 Å². The zero-order chi connectivity index (χ0) is 26.2. The van der Waals surface area contributed by atoms with Crippen molar-refractivity contribution in [3.63, 3.8) is 0 Å². The third-order valence-corrected chi connectivity index (χ3v) is 8.33. The van der Waals surface area contributed by atoms with Crippen LogP contribution >= 0.6 is 0 Å². The average molecular weight is 496 g/mol. The van der Waals surface area contributed by atoms with Crippen LogP contribution in [0.2, 0.25) is 0 Å². The van der Waals surface area contributed by atoms with Gasteiger partial charge in [-0.3, -0.25) is 0 Å². The number of imidazole rings is 1. The lowest BCUT2D eigenvalue weighted by Crippen LogP contribution is -2.51. The van der Waals surface area contributed by atoms with Crippen molar-refractivity contribution >= 4 is 29.3 Å². The molecule has 0 aliphatic carbocycles. The molecule has 2 aliphatic rings. The number of aromatic amines is 1. The molecule has 0 saturated carbocycles. The molecule has 1 N–H and O–H groups in total. The van der Waals surface area contributed by atoms with Gasteiger partial charge in [-0.05, 0) is 68.1 Å². The minimum atomic E-state index is -4.02. The fourth-order valence-electron chi connectivity index (χ4n) is 6.64. The highest BCUT2D eigenvalue weighted by molar-refractivity contribution is 6.58. The van der Waals surface area contributed by atoms with Crippen LogP contribution in [0.25, 0.3) is 28.0 Å². The molecule has 4 aromatic rings. The molecule has 0 unspecified atom stereocenters. The van der Waals surface area contributed by atoms with E-state index in [0.29, 0.717) is 22.8 Å². The number of nitrogens with zero attached hydrogens (tertiary/aromatic N) is 3. The summed E-state index contributed by atoms with van der Waals surface area (Å²) in [7, 11) is 0. The number of halogens is 2. The first-order valence-corrected chi connectivity index (χ1v) is 13.1. The van der Waals surface area contributed by atoms with E-state index in [1.807, 2.05) is 90.1 Å². The summed E-state index contributed by atoms with van der Waals surface area (Å²) >= 11 is 0. The lowest BCUT2D eigenvalue weighted by molar-refractivity contribution is -0.363. The first-order valence-electron chi connectivity index (χ1n) is 13.1. The fourth-order valence-corrected chi connectivity index (χ4v) is 6.64. The minimum absolute atomic E-state index is 0.645. The van der Waals surface area contributed by atoms with Crippen LogP contribution in [0.5, 0.6) is 0 Å². The second kappa shape index (κ2) is 8.14. The van der Waals surface area contributed by atoms with Crippen LogP contribution in [-0.2, 0) is 6.42 Å². The molecule has 0 bridgehead atoms. The van der Waals surface area contributed by atoms with Gasteiger partial charge in [-0.15, -0.1) is 0 Å². The monoisotopic (exact) mass is 496 g/mol. The summed E-state index contributed by atoms with van der Waals surface area (Å²) in [6.45, 7) is 7.73. The van der Waals surface area contributed by atoms with Gasteiger partial charge >= 0.3 is 6.97 Å². The quantitative estimate of drug-likeness (QED) is 0.293. The molecule has 4 heterocycles. The van der Waals surface area contributed by atoms with E-state index in [2.05, 4.69) is 4.98 Å². The molecule has 2 aromatic carbocycles. The Hall–Kier alpha value is -3.74. The second-order valence-electron chi connectivity index (χ2n) is 10.2. The van der Waals surface area contributed by atoms with Gasteiger partial charge in [0.25, 0.3) is 0 Å². The van der Waals surface area contributed by atoms with Crippen molar-refractivity contribution in [2.45, 2.75) is 54.4 Å². The molecule has 4 nitrogen and oxygen atoms in total. The molecule has 37 heavy (non-hydrogen) atoms. The van der Waals surface area contributed by atoms with Gasteiger partial charge in [0.05, 0.1) is 16.6 Å². The number of H-pyrrole nitrogens is 1. The van der Waals surface area contributed by atoms with Gasteiger partial charge in [-0.25, -0.2) is 4.98 Å². The number of hydrogen-bond acceptors (Lipinski definition) is 1. The lowest BCUT2D eigenvalue weighted by Gasteiger charge is -2.34. The number of para-hydroxylation sites is 2. The minimum Gasteiger partial charge on any atom is -0.393 e. The molecule has 0 atom stereocenters. The molecule has 188 valence electrons. The molecular weight excluding hydrogens is 465 g/mol. The number of allylic oxidation sites excluding steroid dienone is 2. The van der Waals surface area contributed by atoms with E-state index in [1.165, 1.54) is 8.96 Å². The topological polar surface area (TPSA) is 36.6 Å². The Morgan fingerprint density at radius 1 is 0.919 bits per heavy atom. The van der Waals surface area contributed by atoms with E-state index in [9.17, 15) is 0 Å². The Bertz CT molecular complexity index is 1660. The molecule has 7 heteroatoms. The number of benzene rings is 2. The Labute approximate surface area is 216 Å². The Balaban J connectivity index is 1.61. The number of nitrogens with one attached hydrogen (secondary N) is 1. The zero-order valence-corrected chi connectivity index (χ0v) is 22.2. The van der Waals surface area contributed by atoms with Crippen molar-refractivity contribution in [1.29, 1.82) is 0 Å². The number of rotatable bonds is 4. The van der Waals surface area contributed by atoms with Gasteiger partial charge in [-0.1, -0.05) is 50.2 Å². The highest BCUT2D eigenvalue weighted by Crippen LogP contribution is 2.47. The molecule has 0 fully saturated rings. The Morgan fingerprint density at radius 2 is 1.59 bits per heavy atom. The Morgan fingerprint density at radius 3 is 2.24 bits per heavy atom. The van der Waals surface area contributed by atoms with Gasteiger partial charge in [0, 0.05) is 29.3 Å². The van der Waals surface area contributed by atoms with Gasteiger partial charge < -0.3 is 22.6 Å². The lowest BCUT2D eigenvalue weighted by atomic mass is 9.83. The van der Waals surface area contributed by atoms with E-state index < -0.39 is 6.97 Å². The summed E-state index contributed by atoms with van der Waals surface area (Å²) < 4.78 is 35.5. The first kappa shape index (κ1) is 23.7. The third-order valence-electron chi connectivity index (χ3n) is 8.33. The summed E-state index contributed by atoms with van der Waals surface area (Å²) in [5, 5.41) is 0. The highest BCUT2D eigenvalue weighted by Gasteiger charge is 2.56. The standard InChI is InChI=1S/C30H31BF2N4/c1-7-23-17(3)28-27(21-13-15-22(16-14-21)30-34-25-11-9-10-12-26(25)35-30)29-18(4)24(8-2)20(6)37(29)31(32,33)36(28)19(23)5/h9-16H,7-8H2,1-6H3,(H,34,35). The molecule has 0 radical (unpaired) electrons. The summed E-state index contributed by atoms with van der Waals surface area (Å²) in [6, 6.07) is 16.1. The predicted octanol–water partition coefficient (Wildman–Crippen LogP) is 7.42. The molecule has 0 spiro atoms. The summed E-state index contributed by atoms with van der Waals surface area (Å²) in [5.41, 5.74) is 11.2. The number of fused-ring (bicyclic) bond motifs is 3.